The first-order valence-corrected chi connectivity index (χ1v) is 6.56. The lowest BCUT2D eigenvalue weighted by Crippen LogP contribution is -2.26. The monoisotopic (exact) mass is 269 g/mol. The zero-order valence-electron chi connectivity index (χ0n) is 12.1. The molecule has 0 bridgehead atoms. The van der Waals surface area contributed by atoms with E-state index in [-0.39, 0.29) is 5.91 Å². The molecule has 0 aliphatic carbocycles. The summed E-state index contributed by atoms with van der Waals surface area (Å²) in [5.41, 5.74) is 2.85. The van der Waals surface area contributed by atoms with Crippen molar-refractivity contribution in [1.29, 1.82) is 0 Å². The fraction of sp³-hybridized carbons (Fsp3) is 0.235. The van der Waals surface area contributed by atoms with Crippen LogP contribution < -0.4 is 4.74 Å². The van der Waals surface area contributed by atoms with Crippen molar-refractivity contribution in [3.63, 3.8) is 0 Å². The summed E-state index contributed by atoms with van der Waals surface area (Å²) in [6.45, 7) is 2.53. The van der Waals surface area contributed by atoms with E-state index in [0.29, 0.717) is 12.1 Å². The molecular formula is C17H19NO2. The fourth-order valence-corrected chi connectivity index (χ4v) is 2.08. The van der Waals surface area contributed by atoms with Gasteiger partial charge in [-0.25, -0.2) is 0 Å². The summed E-state index contributed by atoms with van der Waals surface area (Å²) in [6, 6.07) is 15.4. The standard InChI is InChI=1S/C17H19NO2/c1-13-8-10-14(11-9-13)17(19)18(2)12-15-6-4-5-7-16(15)20-3/h4-11H,12H2,1-3H3. The van der Waals surface area contributed by atoms with Crippen molar-refractivity contribution in [2.75, 3.05) is 14.2 Å². The van der Waals surface area contributed by atoms with E-state index in [1.54, 1.807) is 19.1 Å². The Morgan fingerprint density at radius 3 is 2.40 bits per heavy atom. The normalized spacial score (nSPS) is 10.2. The van der Waals surface area contributed by atoms with Crippen molar-refractivity contribution in [1.82, 2.24) is 4.90 Å². The van der Waals surface area contributed by atoms with E-state index in [2.05, 4.69) is 0 Å². The molecule has 0 heterocycles. The summed E-state index contributed by atoms with van der Waals surface area (Å²) in [5.74, 6) is 0.812. The van der Waals surface area contributed by atoms with Crippen LogP contribution in [0.25, 0.3) is 0 Å². The number of ether oxygens (including phenoxy) is 1. The van der Waals surface area contributed by atoms with Crippen LogP contribution in [0.1, 0.15) is 21.5 Å². The van der Waals surface area contributed by atoms with Gasteiger partial charge in [-0.3, -0.25) is 4.79 Å². The van der Waals surface area contributed by atoms with Crippen LogP contribution in [0, 0.1) is 6.92 Å². The van der Waals surface area contributed by atoms with E-state index < -0.39 is 0 Å². The minimum Gasteiger partial charge on any atom is -0.496 e. The van der Waals surface area contributed by atoms with E-state index in [1.807, 2.05) is 55.5 Å². The first kappa shape index (κ1) is 14.1. The van der Waals surface area contributed by atoms with Crippen molar-refractivity contribution in [2.45, 2.75) is 13.5 Å². The van der Waals surface area contributed by atoms with Gasteiger partial charge in [0.15, 0.2) is 0 Å². The van der Waals surface area contributed by atoms with Crippen molar-refractivity contribution < 1.29 is 9.53 Å². The van der Waals surface area contributed by atoms with Gasteiger partial charge in [-0.1, -0.05) is 35.9 Å². The lowest BCUT2D eigenvalue weighted by Gasteiger charge is -2.19. The number of nitrogens with zero attached hydrogens (tertiary/aromatic N) is 1. The minimum atomic E-state index is 0.0101. The maximum Gasteiger partial charge on any atom is 0.253 e. The second-order valence-electron chi connectivity index (χ2n) is 4.84. The molecule has 0 fully saturated rings. The summed E-state index contributed by atoms with van der Waals surface area (Å²) >= 11 is 0. The van der Waals surface area contributed by atoms with Gasteiger partial charge in [0.25, 0.3) is 5.91 Å². The van der Waals surface area contributed by atoms with Gasteiger partial charge in [0.2, 0.25) is 0 Å². The van der Waals surface area contributed by atoms with Crippen LogP contribution >= 0.6 is 0 Å². The molecule has 0 radical (unpaired) electrons. The summed E-state index contributed by atoms with van der Waals surface area (Å²) in [7, 11) is 3.44. The highest BCUT2D eigenvalue weighted by Gasteiger charge is 2.13. The first-order valence-electron chi connectivity index (χ1n) is 6.56. The number of hydrogen-bond donors (Lipinski definition) is 0. The van der Waals surface area contributed by atoms with E-state index in [1.165, 1.54) is 0 Å². The molecule has 0 aliphatic heterocycles. The molecule has 104 valence electrons. The van der Waals surface area contributed by atoms with Gasteiger partial charge in [-0.05, 0) is 25.1 Å². The zero-order valence-corrected chi connectivity index (χ0v) is 12.1. The lowest BCUT2D eigenvalue weighted by molar-refractivity contribution is 0.0784. The molecule has 0 aromatic heterocycles. The molecule has 0 unspecified atom stereocenters. The second kappa shape index (κ2) is 6.24. The third-order valence-corrected chi connectivity index (χ3v) is 3.25. The SMILES string of the molecule is COc1ccccc1CN(C)C(=O)c1ccc(C)cc1. The predicted molar refractivity (Wildman–Crippen MR) is 80.0 cm³/mol. The topological polar surface area (TPSA) is 29.5 Å². The average Bonchev–Trinajstić information content (AvgIpc) is 2.48. The van der Waals surface area contributed by atoms with Gasteiger partial charge in [0.05, 0.1) is 7.11 Å². The highest BCUT2D eigenvalue weighted by molar-refractivity contribution is 5.94. The minimum absolute atomic E-state index is 0.0101. The van der Waals surface area contributed by atoms with Gasteiger partial charge in [0.1, 0.15) is 5.75 Å². The van der Waals surface area contributed by atoms with E-state index in [9.17, 15) is 4.79 Å². The van der Waals surface area contributed by atoms with Gasteiger partial charge in [-0.2, -0.15) is 0 Å². The molecular weight excluding hydrogens is 250 g/mol. The van der Waals surface area contributed by atoms with Crippen molar-refractivity contribution in [3.05, 3.63) is 65.2 Å². The third-order valence-electron chi connectivity index (χ3n) is 3.25. The molecule has 0 spiro atoms. The van der Waals surface area contributed by atoms with Crippen LogP contribution in [-0.4, -0.2) is 25.0 Å². The molecule has 0 N–H and O–H groups in total. The number of benzene rings is 2. The number of rotatable bonds is 4. The highest BCUT2D eigenvalue weighted by atomic mass is 16.5. The zero-order chi connectivity index (χ0) is 14.5. The molecule has 20 heavy (non-hydrogen) atoms. The van der Waals surface area contributed by atoms with Gasteiger partial charge >= 0.3 is 0 Å². The van der Waals surface area contributed by atoms with Crippen LogP contribution in [0.15, 0.2) is 48.5 Å². The van der Waals surface area contributed by atoms with Gasteiger partial charge < -0.3 is 9.64 Å². The Bertz CT molecular complexity index is 590. The van der Waals surface area contributed by atoms with Gasteiger partial charge in [0, 0.05) is 24.7 Å². The largest absolute Gasteiger partial charge is 0.496 e. The van der Waals surface area contributed by atoms with Crippen molar-refractivity contribution in [3.8, 4) is 5.75 Å². The predicted octanol–water partition coefficient (Wildman–Crippen LogP) is 3.28. The number of para-hydroxylation sites is 1. The number of carbonyl (C=O) groups excluding carboxylic acids is 1. The van der Waals surface area contributed by atoms with Crippen LogP contribution in [0.5, 0.6) is 5.75 Å². The molecule has 2 aromatic carbocycles. The lowest BCUT2D eigenvalue weighted by atomic mass is 10.1. The Hall–Kier alpha value is -2.29. The summed E-state index contributed by atoms with van der Waals surface area (Å²) in [4.78, 5) is 14.0. The smallest absolute Gasteiger partial charge is 0.253 e. The molecule has 3 heteroatoms. The summed E-state index contributed by atoms with van der Waals surface area (Å²) in [6.07, 6.45) is 0. The molecule has 2 rings (SSSR count). The molecule has 0 aliphatic rings. The molecule has 2 aromatic rings. The molecule has 0 atom stereocenters. The Morgan fingerprint density at radius 2 is 1.75 bits per heavy atom. The van der Waals surface area contributed by atoms with Crippen molar-refractivity contribution in [2.24, 2.45) is 0 Å². The molecule has 0 saturated heterocycles. The van der Waals surface area contributed by atoms with Crippen molar-refractivity contribution >= 4 is 5.91 Å². The Labute approximate surface area is 119 Å². The van der Waals surface area contributed by atoms with E-state index in [4.69, 9.17) is 4.74 Å². The first-order chi connectivity index (χ1) is 9.61. The summed E-state index contributed by atoms with van der Waals surface area (Å²) < 4.78 is 5.31. The number of methoxy groups -OCH3 is 1. The maximum atomic E-state index is 12.3. The second-order valence-corrected chi connectivity index (χ2v) is 4.84. The molecule has 1 amide bonds. The number of hydrogen-bond acceptors (Lipinski definition) is 2. The average molecular weight is 269 g/mol. The number of carbonyl (C=O) groups is 1. The van der Waals surface area contributed by atoms with Crippen LogP contribution in [0.2, 0.25) is 0 Å². The van der Waals surface area contributed by atoms with E-state index >= 15 is 0 Å². The third kappa shape index (κ3) is 3.18. The Kier molecular flexibility index (Phi) is 4.41. The highest BCUT2D eigenvalue weighted by Crippen LogP contribution is 2.19. The Balaban J connectivity index is 2.13. The maximum absolute atomic E-state index is 12.3. The van der Waals surface area contributed by atoms with E-state index in [0.717, 1.165) is 16.9 Å². The van der Waals surface area contributed by atoms with Crippen LogP contribution in [0.4, 0.5) is 0 Å². The number of amides is 1. The quantitative estimate of drug-likeness (QED) is 0.852. The van der Waals surface area contributed by atoms with Crippen LogP contribution in [0.3, 0.4) is 0 Å². The number of aryl methyl sites for hydroxylation is 1. The molecule has 0 saturated carbocycles. The summed E-state index contributed by atoms with van der Waals surface area (Å²) in [5, 5.41) is 0. The fourth-order valence-electron chi connectivity index (χ4n) is 2.08. The van der Waals surface area contributed by atoms with Crippen LogP contribution in [-0.2, 0) is 6.54 Å². The Morgan fingerprint density at radius 1 is 1.10 bits per heavy atom. The molecule has 3 nitrogen and oxygen atoms in total. The van der Waals surface area contributed by atoms with Gasteiger partial charge in [-0.15, -0.1) is 0 Å².